The van der Waals surface area contributed by atoms with E-state index in [1.807, 2.05) is 0 Å². The van der Waals surface area contributed by atoms with E-state index in [0.717, 1.165) is 9.87 Å². The second kappa shape index (κ2) is 9.01. The molecule has 0 aliphatic carbocycles. The van der Waals surface area contributed by atoms with Crippen LogP contribution in [-0.4, -0.2) is 97.2 Å². The van der Waals surface area contributed by atoms with Crippen molar-refractivity contribution in [3.05, 3.63) is 35.6 Å². The highest BCUT2D eigenvalue weighted by Gasteiger charge is 2.47. The van der Waals surface area contributed by atoms with E-state index in [-0.39, 0.29) is 18.9 Å². The molecule has 2 heterocycles. The Labute approximate surface area is 181 Å². The number of fused-ring (bicyclic) bond motifs is 1. The summed E-state index contributed by atoms with van der Waals surface area (Å²) in [4.78, 5) is 42.3. The van der Waals surface area contributed by atoms with Gasteiger partial charge in [0, 0.05) is 34.2 Å². The Bertz CT molecular complexity index is 966. The average Bonchev–Trinajstić information content (AvgIpc) is 2.72. The lowest BCUT2D eigenvalue weighted by Crippen LogP contribution is -2.69. The van der Waals surface area contributed by atoms with Crippen LogP contribution in [0.3, 0.4) is 0 Å². The molecule has 0 bridgehead atoms. The van der Waals surface area contributed by atoms with Gasteiger partial charge in [0.05, 0.1) is 12.6 Å². The van der Waals surface area contributed by atoms with E-state index in [4.69, 9.17) is 0 Å². The molecule has 3 rings (SSSR count). The Balaban J connectivity index is 1.87. The third-order valence-electron chi connectivity index (χ3n) is 5.83. The summed E-state index contributed by atoms with van der Waals surface area (Å²) in [5.41, 5.74) is 0.761. The number of ketones is 1. The number of piperidine rings is 1. The molecule has 1 aromatic carbocycles. The molecular formula is C20H27FN4O5S. The number of carbonyl (C=O) groups excluding carboxylic acids is 3. The lowest BCUT2D eigenvalue weighted by atomic mass is 9.95. The van der Waals surface area contributed by atoms with Gasteiger partial charge >= 0.3 is 0 Å². The van der Waals surface area contributed by atoms with Crippen molar-refractivity contribution in [1.29, 1.82) is 0 Å². The molecule has 9 nitrogen and oxygen atoms in total. The van der Waals surface area contributed by atoms with E-state index in [1.165, 1.54) is 43.1 Å². The topological polar surface area (TPSA) is 98.3 Å². The number of carbonyl (C=O) groups is 3. The summed E-state index contributed by atoms with van der Waals surface area (Å²) < 4.78 is 38.6. The SMILES string of the molecule is CN(C(=O)CS(=O)(=O)N(C)C)C1CCCN2C(=O)C(=O)CN(Cc3ccc(F)cc3)C12. The number of benzene rings is 1. The van der Waals surface area contributed by atoms with Gasteiger partial charge < -0.3 is 9.80 Å². The third-order valence-corrected chi connectivity index (χ3v) is 7.56. The van der Waals surface area contributed by atoms with Crippen LogP contribution in [0.1, 0.15) is 18.4 Å². The second-order valence-corrected chi connectivity index (χ2v) is 10.3. The van der Waals surface area contributed by atoms with Crippen molar-refractivity contribution < 1.29 is 27.2 Å². The van der Waals surface area contributed by atoms with E-state index in [9.17, 15) is 27.2 Å². The molecule has 0 spiro atoms. The van der Waals surface area contributed by atoms with Gasteiger partial charge in [0.25, 0.3) is 5.91 Å². The highest BCUT2D eigenvalue weighted by Crippen LogP contribution is 2.29. The van der Waals surface area contributed by atoms with Crippen molar-refractivity contribution in [3.8, 4) is 0 Å². The minimum absolute atomic E-state index is 0.119. The summed E-state index contributed by atoms with van der Waals surface area (Å²) in [5.74, 6) is -2.76. The van der Waals surface area contributed by atoms with E-state index in [1.54, 1.807) is 17.0 Å². The van der Waals surface area contributed by atoms with Crippen molar-refractivity contribution in [2.24, 2.45) is 0 Å². The lowest BCUT2D eigenvalue weighted by Gasteiger charge is -2.51. The summed E-state index contributed by atoms with van der Waals surface area (Å²) in [7, 11) is 0.512. The molecule has 1 aromatic rings. The van der Waals surface area contributed by atoms with Gasteiger partial charge in [-0.2, -0.15) is 0 Å². The van der Waals surface area contributed by atoms with Gasteiger partial charge in [0.15, 0.2) is 0 Å². The van der Waals surface area contributed by atoms with Gasteiger partial charge in [-0.3, -0.25) is 19.3 Å². The fraction of sp³-hybridized carbons (Fsp3) is 0.550. The molecule has 2 fully saturated rings. The van der Waals surface area contributed by atoms with Crippen LogP contribution < -0.4 is 0 Å². The number of halogens is 1. The number of sulfonamides is 1. The lowest BCUT2D eigenvalue weighted by molar-refractivity contribution is -0.165. The molecule has 11 heteroatoms. The molecule has 0 aromatic heterocycles. The molecule has 31 heavy (non-hydrogen) atoms. The third kappa shape index (κ3) is 4.94. The van der Waals surface area contributed by atoms with Crippen molar-refractivity contribution in [3.63, 3.8) is 0 Å². The normalized spacial score (nSPS) is 22.5. The zero-order chi connectivity index (χ0) is 22.9. The summed E-state index contributed by atoms with van der Waals surface area (Å²) in [6.07, 6.45) is 0.579. The van der Waals surface area contributed by atoms with Crippen LogP contribution in [0.25, 0.3) is 0 Å². The van der Waals surface area contributed by atoms with Crippen LogP contribution in [0.4, 0.5) is 4.39 Å². The van der Waals surface area contributed by atoms with Gasteiger partial charge in [0.2, 0.25) is 21.7 Å². The van der Waals surface area contributed by atoms with Gasteiger partial charge in [0.1, 0.15) is 17.7 Å². The first-order valence-corrected chi connectivity index (χ1v) is 11.6. The molecule has 0 radical (unpaired) electrons. The van der Waals surface area contributed by atoms with Gasteiger partial charge in [-0.05, 0) is 30.5 Å². The molecule has 2 aliphatic heterocycles. The minimum atomic E-state index is -3.74. The first kappa shape index (κ1) is 23.3. The van der Waals surface area contributed by atoms with Crippen molar-refractivity contribution >= 4 is 27.6 Å². The molecule has 0 saturated carbocycles. The quantitative estimate of drug-likeness (QED) is 0.556. The Kier molecular flexibility index (Phi) is 6.77. The monoisotopic (exact) mass is 454 g/mol. The summed E-state index contributed by atoms with van der Waals surface area (Å²) in [6, 6.07) is 5.39. The molecular weight excluding hydrogens is 427 g/mol. The van der Waals surface area contributed by atoms with E-state index in [2.05, 4.69) is 0 Å². The maximum absolute atomic E-state index is 13.3. The number of nitrogens with zero attached hydrogens (tertiary/aromatic N) is 4. The van der Waals surface area contributed by atoms with Crippen molar-refractivity contribution in [2.75, 3.05) is 40.0 Å². The highest BCUT2D eigenvalue weighted by atomic mass is 32.2. The van der Waals surface area contributed by atoms with Crippen LogP contribution in [0.2, 0.25) is 0 Å². The average molecular weight is 455 g/mol. The fourth-order valence-corrected chi connectivity index (χ4v) is 4.84. The molecule has 2 saturated heterocycles. The van der Waals surface area contributed by atoms with Gasteiger partial charge in [-0.25, -0.2) is 17.1 Å². The predicted molar refractivity (Wildman–Crippen MR) is 111 cm³/mol. The highest BCUT2D eigenvalue weighted by molar-refractivity contribution is 7.89. The number of likely N-dealkylation sites (N-methyl/N-ethyl adjacent to an activating group) is 1. The molecule has 2 amide bonds. The second-order valence-electron chi connectivity index (χ2n) is 8.12. The summed E-state index contributed by atoms with van der Waals surface area (Å²) in [5, 5.41) is 0. The largest absolute Gasteiger partial charge is 0.338 e. The Morgan fingerprint density at radius 2 is 1.81 bits per heavy atom. The molecule has 0 N–H and O–H groups in total. The van der Waals surface area contributed by atoms with E-state index in [0.29, 0.717) is 19.4 Å². The van der Waals surface area contributed by atoms with Crippen molar-refractivity contribution in [2.45, 2.75) is 31.6 Å². The fourth-order valence-electron chi connectivity index (χ4n) is 4.07. The smallest absolute Gasteiger partial charge is 0.292 e. The van der Waals surface area contributed by atoms with Gasteiger partial charge in [-0.15, -0.1) is 0 Å². The number of hydrogen-bond acceptors (Lipinski definition) is 6. The molecule has 2 aliphatic rings. The Morgan fingerprint density at radius 3 is 2.42 bits per heavy atom. The van der Waals surface area contributed by atoms with Crippen LogP contribution in [-0.2, 0) is 31.0 Å². The number of rotatable bonds is 6. The van der Waals surface area contributed by atoms with Crippen LogP contribution >= 0.6 is 0 Å². The number of hydrogen-bond donors (Lipinski definition) is 0. The van der Waals surface area contributed by atoms with Crippen LogP contribution in [0.15, 0.2) is 24.3 Å². The molecule has 2 unspecified atom stereocenters. The van der Waals surface area contributed by atoms with Gasteiger partial charge in [-0.1, -0.05) is 12.1 Å². The molecule has 2 atom stereocenters. The Morgan fingerprint density at radius 1 is 1.16 bits per heavy atom. The first-order valence-electron chi connectivity index (χ1n) is 9.99. The number of Topliss-reactive ketones (excluding diaryl/α,β-unsaturated/α-hetero) is 1. The standard InChI is InChI=1S/C20H27FN4O5S/c1-22(2)31(29,30)13-18(27)23(3)16-5-4-10-25-19(16)24(12-17(26)20(25)28)11-14-6-8-15(21)9-7-14/h6-9,16,19H,4-5,10-13H2,1-3H3. The van der Waals surface area contributed by atoms with E-state index < -0.39 is 45.6 Å². The summed E-state index contributed by atoms with van der Waals surface area (Å²) in [6.45, 7) is 0.546. The minimum Gasteiger partial charge on any atom is -0.338 e. The van der Waals surface area contributed by atoms with E-state index >= 15 is 0 Å². The Hall–Kier alpha value is -2.37. The van der Waals surface area contributed by atoms with Crippen LogP contribution in [0.5, 0.6) is 0 Å². The zero-order valence-electron chi connectivity index (χ0n) is 17.8. The maximum Gasteiger partial charge on any atom is 0.292 e. The van der Waals surface area contributed by atoms with Crippen LogP contribution in [0, 0.1) is 5.82 Å². The van der Waals surface area contributed by atoms with Crippen molar-refractivity contribution in [1.82, 2.24) is 19.0 Å². The summed E-state index contributed by atoms with van der Waals surface area (Å²) >= 11 is 0. The number of amides is 2. The maximum atomic E-state index is 13.3. The predicted octanol–water partition coefficient (Wildman–Crippen LogP) is -0.123. The molecule has 170 valence electrons. The zero-order valence-corrected chi connectivity index (χ0v) is 18.6. The first-order chi connectivity index (χ1) is 14.5.